The molecule has 4 nitrogen and oxygen atoms in total. The fourth-order valence-electron chi connectivity index (χ4n) is 1.44. The number of ether oxygens (including phenoxy) is 2. The van der Waals surface area contributed by atoms with E-state index in [1.807, 2.05) is 31.2 Å². The molecular formula is C14H18O4S. The van der Waals surface area contributed by atoms with E-state index in [1.54, 1.807) is 13.8 Å². The van der Waals surface area contributed by atoms with Crippen LogP contribution in [0.15, 0.2) is 29.2 Å². The maximum absolute atomic E-state index is 11.8. The molecule has 104 valence electrons. The van der Waals surface area contributed by atoms with Crippen molar-refractivity contribution in [3.63, 3.8) is 0 Å². The summed E-state index contributed by atoms with van der Waals surface area (Å²) in [4.78, 5) is 24.5. The lowest BCUT2D eigenvalue weighted by Gasteiger charge is -2.15. The topological polar surface area (TPSA) is 52.6 Å². The largest absolute Gasteiger partial charge is 0.465 e. The van der Waals surface area contributed by atoms with Crippen molar-refractivity contribution in [2.75, 3.05) is 13.2 Å². The van der Waals surface area contributed by atoms with Gasteiger partial charge in [-0.15, -0.1) is 0 Å². The molecular weight excluding hydrogens is 264 g/mol. The normalized spacial score (nSPS) is 10.3. The zero-order valence-electron chi connectivity index (χ0n) is 11.3. The van der Waals surface area contributed by atoms with E-state index in [0.717, 1.165) is 22.2 Å². The molecule has 0 bridgehead atoms. The number of rotatable bonds is 6. The Bertz CT molecular complexity index is 427. The molecule has 0 spiro atoms. The number of carbonyl (C=O) groups excluding carboxylic acids is 2. The minimum Gasteiger partial charge on any atom is -0.465 e. The Kier molecular flexibility index (Phi) is 6.42. The molecule has 0 saturated carbocycles. The molecule has 0 N–H and O–H groups in total. The van der Waals surface area contributed by atoms with Gasteiger partial charge in [0.25, 0.3) is 0 Å². The van der Waals surface area contributed by atoms with Crippen LogP contribution in [-0.2, 0) is 19.1 Å². The van der Waals surface area contributed by atoms with E-state index in [2.05, 4.69) is 0 Å². The van der Waals surface area contributed by atoms with Gasteiger partial charge in [-0.1, -0.05) is 30.0 Å². The maximum Gasteiger partial charge on any atom is 0.331 e. The smallest absolute Gasteiger partial charge is 0.331 e. The molecule has 0 aliphatic heterocycles. The van der Waals surface area contributed by atoms with Gasteiger partial charge in [-0.2, -0.15) is 0 Å². The van der Waals surface area contributed by atoms with Gasteiger partial charge in [0, 0.05) is 4.90 Å². The molecule has 1 rings (SSSR count). The van der Waals surface area contributed by atoms with E-state index in [0.29, 0.717) is 0 Å². The van der Waals surface area contributed by atoms with Gasteiger partial charge < -0.3 is 9.47 Å². The molecule has 0 unspecified atom stereocenters. The summed E-state index contributed by atoms with van der Waals surface area (Å²) < 4.78 is 9.85. The van der Waals surface area contributed by atoms with Gasteiger partial charge in [-0.25, -0.2) is 0 Å². The summed E-state index contributed by atoms with van der Waals surface area (Å²) in [5.74, 6) is -1.12. The highest BCUT2D eigenvalue weighted by Gasteiger charge is 2.31. The molecule has 1 aromatic carbocycles. The third-order valence-corrected chi connectivity index (χ3v) is 3.67. The molecule has 0 aliphatic rings. The summed E-state index contributed by atoms with van der Waals surface area (Å²) in [5.41, 5.74) is 1.01. The van der Waals surface area contributed by atoms with Crippen molar-refractivity contribution >= 4 is 23.7 Å². The molecule has 0 heterocycles. The summed E-state index contributed by atoms with van der Waals surface area (Å²) >= 11 is 1.16. The van der Waals surface area contributed by atoms with E-state index in [9.17, 15) is 9.59 Å². The van der Waals surface area contributed by atoms with Gasteiger partial charge in [0.2, 0.25) is 5.25 Å². The molecule has 19 heavy (non-hydrogen) atoms. The second kappa shape index (κ2) is 7.84. The molecule has 0 aromatic heterocycles. The molecule has 0 aliphatic carbocycles. The van der Waals surface area contributed by atoms with Crippen molar-refractivity contribution in [1.82, 2.24) is 0 Å². The van der Waals surface area contributed by atoms with Crippen molar-refractivity contribution in [3.05, 3.63) is 29.8 Å². The van der Waals surface area contributed by atoms with Gasteiger partial charge in [0.15, 0.2) is 0 Å². The van der Waals surface area contributed by atoms with Gasteiger partial charge in [-0.05, 0) is 32.4 Å². The van der Waals surface area contributed by atoms with Crippen molar-refractivity contribution in [2.24, 2.45) is 0 Å². The standard InChI is InChI=1S/C14H18O4S/c1-4-17-13(15)12(14(16)18-5-2)19-11-9-7-6-8-10(11)3/h6-9,12H,4-5H2,1-3H3. The van der Waals surface area contributed by atoms with Crippen LogP contribution in [0.1, 0.15) is 19.4 Å². The average molecular weight is 282 g/mol. The first kappa shape index (κ1) is 15.6. The Morgan fingerprint density at radius 2 is 1.63 bits per heavy atom. The van der Waals surface area contributed by atoms with Crippen molar-refractivity contribution < 1.29 is 19.1 Å². The summed E-state index contributed by atoms with van der Waals surface area (Å²) in [5, 5.41) is -0.971. The molecule has 0 fully saturated rings. The van der Waals surface area contributed by atoms with Gasteiger partial charge in [0.05, 0.1) is 13.2 Å². The van der Waals surface area contributed by atoms with Crippen molar-refractivity contribution in [2.45, 2.75) is 30.9 Å². The van der Waals surface area contributed by atoms with Crippen LogP contribution >= 0.6 is 11.8 Å². The Hall–Kier alpha value is -1.49. The Balaban J connectivity index is 2.88. The number of carbonyl (C=O) groups is 2. The SMILES string of the molecule is CCOC(=O)C(Sc1ccccc1C)C(=O)OCC. The Morgan fingerprint density at radius 1 is 1.11 bits per heavy atom. The van der Waals surface area contributed by atoms with Crippen LogP contribution in [0.3, 0.4) is 0 Å². The number of esters is 2. The van der Waals surface area contributed by atoms with Crippen LogP contribution in [0.25, 0.3) is 0 Å². The van der Waals surface area contributed by atoms with Crippen LogP contribution < -0.4 is 0 Å². The quantitative estimate of drug-likeness (QED) is 0.456. The lowest BCUT2D eigenvalue weighted by atomic mass is 10.2. The monoisotopic (exact) mass is 282 g/mol. The Morgan fingerprint density at radius 3 is 2.11 bits per heavy atom. The highest BCUT2D eigenvalue weighted by Crippen LogP contribution is 2.28. The molecule has 1 aromatic rings. The molecule has 0 amide bonds. The first-order valence-corrected chi connectivity index (χ1v) is 7.03. The number of hydrogen-bond acceptors (Lipinski definition) is 5. The first-order chi connectivity index (χ1) is 9.10. The fourth-order valence-corrected chi connectivity index (χ4v) is 2.44. The third kappa shape index (κ3) is 4.59. The van der Waals surface area contributed by atoms with E-state index >= 15 is 0 Å². The van der Waals surface area contributed by atoms with Gasteiger partial charge >= 0.3 is 11.9 Å². The highest BCUT2D eigenvalue weighted by molar-refractivity contribution is 8.01. The van der Waals surface area contributed by atoms with E-state index in [4.69, 9.17) is 9.47 Å². The number of aryl methyl sites for hydroxylation is 1. The second-order valence-electron chi connectivity index (χ2n) is 3.77. The molecule has 0 atom stereocenters. The van der Waals surface area contributed by atoms with Crippen LogP contribution in [0.4, 0.5) is 0 Å². The first-order valence-electron chi connectivity index (χ1n) is 6.15. The molecule has 0 radical (unpaired) electrons. The average Bonchev–Trinajstić information content (AvgIpc) is 2.38. The zero-order valence-corrected chi connectivity index (χ0v) is 12.2. The minimum atomic E-state index is -0.971. The van der Waals surface area contributed by atoms with Crippen LogP contribution in [-0.4, -0.2) is 30.4 Å². The van der Waals surface area contributed by atoms with Crippen molar-refractivity contribution in [3.8, 4) is 0 Å². The number of thioether (sulfide) groups is 1. The highest BCUT2D eigenvalue weighted by atomic mass is 32.2. The summed E-state index contributed by atoms with van der Waals surface area (Å²) in [6.07, 6.45) is 0. The van der Waals surface area contributed by atoms with Crippen LogP contribution in [0, 0.1) is 6.92 Å². The zero-order chi connectivity index (χ0) is 14.3. The van der Waals surface area contributed by atoms with E-state index in [1.165, 1.54) is 0 Å². The van der Waals surface area contributed by atoms with E-state index < -0.39 is 17.2 Å². The number of hydrogen-bond donors (Lipinski definition) is 0. The van der Waals surface area contributed by atoms with Crippen LogP contribution in [0.2, 0.25) is 0 Å². The predicted octanol–water partition coefficient (Wildman–Crippen LogP) is 2.58. The lowest BCUT2D eigenvalue weighted by molar-refractivity contribution is -0.152. The van der Waals surface area contributed by atoms with Crippen LogP contribution in [0.5, 0.6) is 0 Å². The van der Waals surface area contributed by atoms with Crippen molar-refractivity contribution in [1.29, 1.82) is 0 Å². The van der Waals surface area contributed by atoms with Gasteiger partial charge in [-0.3, -0.25) is 9.59 Å². The van der Waals surface area contributed by atoms with Gasteiger partial charge in [0.1, 0.15) is 0 Å². The fraction of sp³-hybridized carbons (Fsp3) is 0.429. The number of benzene rings is 1. The van der Waals surface area contributed by atoms with E-state index in [-0.39, 0.29) is 13.2 Å². The second-order valence-corrected chi connectivity index (χ2v) is 4.91. The maximum atomic E-state index is 11.8. The summed E-state index contributed by atoms with van der Waals surface area (Å²) in [6, 6.07) is 7.56. The minimum absolute atomic E-state index is 0.239. The molecule has 5 heteroatoms. The summed E-state index contributed by atoms with van der Waals surface area (Å²) in [6.45, 7) is 5.82. The molecule has 0 saturated heterocycles. The summed E-state index contributed by atoms with van der Waals surface area (Å²) in [7, 11) is 0. The third-order valence-electron chi connectivity index (χ3n) is 2.34. The Labute approximate surface area is 117 Å². The predicted molar refractivity (Wildman–Crippen MR) is 74.1 cm³/mol. The lowest BCUT2D eigenvalue weighted by Crippen LogP contribution is -2.30.